The molecule has 1 saturated carbocycles. The number of nitrogens with one attached hydrogen (secondary N) is 3. The van der Waals surface area contributed by atoms with Crippen LogP contribution in [0.25, 0.3) is 0 Å². The summed E-state index contributed by atoms with van der Waals surface area (Å²) in [7, 11) is 0. The van der Waals surface area contributed by atoms with Crippen LogP contribution in [-0.4, -0.2) is 30.6 Å². The van der Waals surface area contributed by atoms with Gasteiger partial charge in [0.2, 0.25) is 0 Å². The van der Waals surface area contributed by atoms with Crippen LogP contribution in [0, 0.1) is 0 Å². The zero-order chi connectivity index (χ0) is 19.8. The van der Waals surface area contributed by atoms with Crippen LogP contribution in [0.15, 0.2) is 54.6 Å². The molecule has 0 aromatic heterocycles. The van der Waals surface area contributed by atoms with E-state index in [9.17, 15) is 9.59 Å². The Morgan fingerprint density at radius 3 is 2.36 bits per heavy atom. The lowest BCUT2D eigenvalue weighted by Crippen LogP contribution is -2.55. The highest BCUT2D eigenvalue weighted by Gasteiger charge is 2.28. The number of urea groups is 1. The molecule has 0 radical (unpaired) electrons. The van der Waals surface area contributed by atoms with E-state index in [1.54, 1.807) is 24.3 Å². The molecule has 1 aliphatic carbocycles. The number of carbonyl (C=O) groups excluding carboxylic acids is 2. The third-order valence-corrected chi connectivity index (χ3v) is 5.26. The van der Waals surface area contributed by atoms with Crippen molar-refractivity contribution in [1.29, 1.82) is 0 Å². The summed E-state index contributed by atoms with van der Waals surface area (Å²) in [5, 5.41) is 9.53. The zero-order valence-corrected chi connectivity index (χ0v) is 16.5. The monoisotopic (exact) mass is 399 g/mol. The van der Waals surface area contributed by atoms with Crippen molar-refractivity contribution in [2.45, 2.75) is 44.2 Å². The van der Waals surface area contributed by atoms with E-state index in [2.05, 4.69) is 16.0 Å². The van der Waals surface area contributed by atoms with Gasteiger partial charge in [0, 0.05) is 23.2 Å². The molecule has 3 amide bonds. The second-order valence-corrected chi connectivity index (χ2v) is 7.55. The molecule has 2 atom stereocenters. The fraction of sp³-hybridized carbons (Fsp3) is 0.364. The summed E-state index contributed by atoms with van der Waals surface area (Å²) >= 11 is 5.98. The minimum Gasteiger partial charge on any atom is -0.347 e. The molecule has 3 N–H and O–H groups in total. The van der Waals surface area contributed by atoms with Crippen molar-refractivity contribution in [3.8, 4) is 0 Å². The SMILES string of the molecule is O=C(NCCc1ccccc1)NC1CCCCC1NC(=O)c1cccc(Cl)c1. The van der Waals surface area contributed by atoms with E-state index in [1.165, 1.54) is 5.56 Å². The molecule has 1 fully saturated rings. The Labute approximate surface area is 170 Å². The van der Waals surface area contributed by atoms with Crippen molar-refractivity contribution in [1.82, 2.24) is 16.0 Å². The number of hydrogen-bond donors (Lipinski definition) is 3. The Morgan fingerprint density at radius 1 is 0.929 bits per heavy atom. The van der Waals surface area contributed by atoms with Gasteiger partial charge in [-0.25, -0.2) is 4.79 Å². The van der Waals surface area contributed by atoms with Gasteiger partial charge in [-0.2, -0.15) is 0 Å². The molecule has 5 nitrogen and oxygen atoms in total. The average molecular weight is 400 g/mol. The maximum Gasteiger partial charge on any atom is 0.315 e. The molecule has 0 saturated heterocycles. The quantitative estimate of drug-likeness (QED) is 0.688. The lowest BCUT2D eigenvalue weighted by atomic mass is 9.90. The third kappa shape index (κ3) is 5.99. The van der Waals surface area contributed by atoms with E-state index in [1.807, 2.05) is 30.3 Å². The van der Waals surface area contributed by atoms with Crippen molar-refractivity contribution in [3.05, 3.63) is 70.7 Å². The summed E-state index contributed by atoms with van der Waals surface area (Å²) in [5.74, 6) is -0.161. The van der Waals surface area contributed by atoms with Crippen LogP contribution in [0.4, 0.5) is 4.79 Å². The number of halogens is 1. The molecular formula is C22H26ClN3O2. The van der Waals surface area contributed by atoms with E-state index in [-0.39, 0.29) is 24.0 Å². The van der Waals surface area contributed by atoms with E-state index in [0.717, 1.165) is 32.1 Å². The van der Waals surface area contributed by atoms with Crippen molar-refractivity contribution in [2.75, 3.05) is 6.54 Å². The van der Waals surface area contributed by atoms with Gasteiger partial charge in [-0.3, -0.25) is 4.79 Å². The topological polar surface area (TPSA) is 70.2 Å². The van der Waals surface area contributed by atoms with E-state index >= 15 is 0 Å². The van der Waals surface area contributed by atoms with Gasteiger partial charge in [-0.05, 0) is 43.0 Å². The van der Waals surface area contributed by atoms with Gasteiger partial charge < -0.3 is 16.0 Å². The Kier molecular flexibility index (Phi) is 7.31. The van der Waals surface area contributed by atoms with Crippen LogP contribution in [0.5, 0.6) is 0 Å². The first kappa shape index (κ1) is 20.2. The summed E-state index contributed by atoms with van der Waals surface area (Å²) < 4.78 is 0. The van der Waals surface area contributed by atoms with Crippen LogP contribution in [-0.2, 0) is 6.42 Å². The molecule has 1 aliphatic rings. The van der Waals surface area contributed by atoms with E-state index < -0.39 is 0 Å². The van der Waals surface area contributed by atoms with Gasteiger partial charge in [-0.15, -0.1) is 0 Å². The summed E-state index contributed by atoms with van der Waals surface area (Å²) in [5.41, 5.74) is 1.72. The first-order valence-electron chi connectivity index (χ1n) is 9.76. The Balaban J connectivity index is 1.49. The highest BCUT2D eigenvalue weighted by Crippen LogP contribution is 2.19. The minimum absolute atomic E-state index is 0.0754. The van der Waals surface area contributed by atoms with Gasteiger partial charge in [-0.1, -0.05) is 60.8 Å². The molecule has 0 bridgehead atoms. The average Bonchev–Trinajstić information content (AvgIpc) is 2.70. The predicted molar refractivity (Wildman–Crippen MR) is 112 cm³/mol. The van der Waals surface area contributed by atoms with Crippen LogP contribution in [0.1, 0.15) is 41.6 Å². The van der Waals surface area contributed by atoms with Gasteiger partial charge in [0.25, 0.3) is 5.91 Å². The number of hydrogen-bond acceptors (Lipinski definition) is 2. The van der Waals surface area contributed by atoms with Crippen molar-refractivity contribution in [3.63, 3.8) is 0 Å². The van der Waals surface area contributed by atoms with Gasteiger partial charge in [0.1, 0.15) is 0 Å². The molecule has 28 heavy (non-hydrogen) atoms. The molecule has 148 valence electrons. The number of benzene rings is 2. The van der Waals surface area contributed by atoms with E-state index in [0.29, 0.717) is 17.1 Å². The Bertz CT molecular complexity index is 797. The summed E-state index contributed by atoms with van der Waals surface area (Å²) in [4.78, 5) is 24.8. The Morgan fingerprint density at radius 2 is 1.64 bits per heavy atom. The second-order valence-electron chi connectivity index (χ2n) is 7.12. The van der Waals surface area contributed by atoms with Gasteiger partial charge in [0.15, 0.2) is 0 Å². The highest BCUT2D eigenvalue weighted by molar-refractivity contribution is 6.30. The predicted octanol–water partition coefficient (Wildman–Crippen LogP) is 3.92. The largest absolute Gasteiger partial charge is 0.347 e. The number of carbonyl (C=O) groups is 2. The summed E-state index contributed by atoms with van der Waals surface area (Å²) in [6.07, 6.45) is 4.56. The minimum atomic E-state index is -0.190. The fourth-order valence-electron chi connectivity index (χ4n) is 3.54. The number of rotatable bonds is 6. The first-order chi connectivity index (χ1) is 13.6. The summed E-state index contributed by atoms with van der Waals surface area (Å²) in [6.45, 7) is 0.572. The van der Waals surface area contributed by atoms with Crippen LogP contribution >= 0.6 is 11.6 Å². The van der Waals surface area contributed by atoms with Crippen molar-refractivity contribution in [2.24, 2.45) is 0 Å². The molecule has 0 spiro atoms. The molecule has 6 heteroatoms. The lowest BCUT2D eigenvalue weighted by molar-refractivity contribution is 0.0916. The maximum absolute atomic E-state index is 12.5. The molecular weight excluding hydrogens is 374 g/mol. The highest BCUT2D eigenvalue weighted by atomic mass is 35.5. The molecule has 2 aromatic rings. The smallest absolute Gasteiger partial charge is 0.315 e. The van der Waals surface area contributed by atoms with Gasteiger partial charge in [0.05, 0.1) is 6.04 Å². The normalized spacial score (nSPS) is 18.9. The van der Waals surface area contributed by atoms with Gasteiger partial charge >= 0.3 is 6.03 Å². The molecule has 0 aliphatic heterocycles. The first-order valence-corrected chi connectivity index (χ1v) is 10.1. The molecule has 3 rings (SSSR count). The Hall–Kier alpha value is -2.53. The maximum atomic E-state index is 12.5. The van der Waals surface area contributed by atoms with E-state index in [4.69, 9.17) is 11.6 Å². The molecule has 2 unspecified atom stereocenters. The molecule has 0 heterocycles. The number of amides is 3. The van der Waals surface area contributed by atoms with Crippen LogP contribution < -0.4 is 16.0 Å². The fourth-order valence-corrected chi connectivity index (χ4v) is 3.73. The van der Waals surface area contributed by atoms with Crippen molar-refractivity contribution >= 4 is 23.5 Å². The van der Waals surface area contributed by atoms with Crippen molar-refractivity contribution < 1.29 is 9.59 Å². The standard InChI is InChI=1S/C22H26ClN3O2/c23-18-10-6-9-17(15-18)21(27)25-19-11-4-5-12-20(19)26-22(28)24-14-13-16-7-2-1-3-8-16/h1-3,6-10,15,19-20H,4-5,11-14H2,(H,25,27)(H2,24,26,28). The lowest BCUT2D eigenvalue weighted by Gasteiger charge is -2.32. The second kappa shape index (κ2) is 10.1. The van der Waals surface area contributed by atoms with Crippen LogP contribution in [0.2, 0.25) is 5.02 Å². The third-order valence-electron chi connectivity index (χ3n) is 5.03. The summed E-state index contributed by atoms with van der Waals surface area (Å²) in [6, 6.07) is 16.6. The zero-order valence-electron chi connectivity index (χ0n) is 15.8. The van der Waals surface area contributed by atoms with Crippen LogP contribution in [0.3, 0.4) is 0 Å². The molecule has 2 aromatic carbocycles.